The van der Waals surface area contributed by atoms with Crippen LogP contribution in [-0.2, 0) is 13.6 Å². The van der Waals surface area contributed by atoms with Crippen LogP contribution in [0.4, 0.5) is 0 Å². The first-order chi connectivity index (χ1) is 9.69. The highest BCUT2D eigenvalue weighted by Crippen LogP contribution is 2.25. The van der Waals surface area contributed by atoms with Crippen molar-refractivity contribution in [3.05, 3.63) is 23.5 Å². The Morgan fingerprint density at radius 1 is 1.50 bits per heavy atom. The summed E-state index contributed by atoms with van der Waals surface area (Å²) in [5, 5.41) is 18.1. The molecule has 1 aliphatic rings. The third kappa shape index (κ3) is 2.27. The Kier molecular flexibility index (Phi) is 3.41. The molecule has 0 bridgehead atoms. The maximum atomic E-state index is 9.10. The van der Waals surface area contributed by atoms with Gasteiger partial charge >= 0.3 is 0 Å². The van der Waals surface area contributed by atoms with Crippen LogP contribution in [0.2, 0.25) is 0 Å². The topological polar surface area (TPSA) is 66.5 Å². The molecule has 2 aromatic rings. The molecule has 1 aliphatic carbocycles. The van der Waals surface area contributed by atoms with Crippen LogP contribution in [0.5, 0.6) is 0 Å². The second-order valence-corrected chi connectivity index (χ2v) is 5.58. The van der Waals surface area contributed by atoms with Crippen molar-refractivity contribution in [1.29, 1.82) is 5.26 Å². The molecular weight excluding hydrogens is 250 g/mol. The van der Waals surface area contributed by atoms with E-state index in [1.54, 1.807) is 0 Å². The Bertz CT molecular complexity index is 667. The quantitative estimate of drug-likeness (QED) is 0.926. The predicted molar refractivity (Wildman–Crippen MR) is 76.8 cm³/mol. The van der Waals surface area contributed by atoms with Crippen LogP contribution in [0.3, 0.4) is 0 Å². The fourth-order valence-electron chi connectivity index (χ4n) is 3.06. The van der Waals surface area contributed by atoms with Crippen molar-refractivity contribution in [2.75, 3.05) is 0 Å². The first-order valence-corrected chi connectivity index (χ1v) is 7.10. The van der Waals surface area contributed by atoms with Crippen LogP contribution in [0.25, 0.3) is 11.0 Å². The molecule has 5 nitrogen and oxygen atoms in total. The summed E-state index contributed by atoms with van der Waals surface area (Å²) in [4.78, 5) is 4.48. The molecule has 0 saturated heterocycles. The summed E-state index contributed by atoms with van der Waals surface area (Å²) in [5.74, 6) is 0.159. The number of nitrogens with one attached hydrogen (secondary N) is 1. The first-order valence-electron chi connectivity index (χ1n) is 7.10. The minimum absolute atomic E-state index is 0.159. The molecule has 20 heavy (non-hydrogen) atoms. The molecule has 0 amide bonds. The fraction of sp³-hybridized carbons (Fsp3) is 0.533. The van der Waals surface area contributed by atoms with Crippen LogP contribution in [0.1, 0.15) is 30.5 Å². The largest absolute Gasteiger partial charge is 0.309 e. The number of nitriles is 1. The molecule has 0 spiro atoms. The maximum Gasteiger partial charge on any atom is 0.157 e. The number of aryl methyl sites for hydroxylation is 2. The molecule has 2 aromatic heterocycles. The normalized spacial score (nSPS) is 22.2. The number of hydrogen-bond donors (Lipinski definition) is 1. The first kappa shape index (κ1) is 13.1. The molecule has 1 saturated carbocycles. The van der Waals surface area contributed by atoms with Crippen molar-refractivity contribution >= 4 is 11.0 Å². The van der Waals surface area contributed by atoms with Gasteiger partial charge in [0.05, 0.1) is 17.7 Å². The summed E-state index contributed by atoms with van der Waals surface area (Å²) in [5.41, 5.74) is 3.08. The summed E-state index contributed by atoms with van der Waals surface area (Å²) < 4.78 is 1.81. The molecule has 5 heteroatoms. The summed E-state index contributed by atoms with van der Waals surface area (Å²) in [6, 6.07) is 4.87. The van der Waals surface area contributed by atoms with Crippen LogP contribution in [0, 0.1) is 24.2 Å². The molecular formula is C15H19N5. The summed E-state index contributed by atoms with van der Waals surface area (Å²) in [7, 11) is 1.91. The lowest BCUT2D eigenvalue weighted by atomic mass is 10.1. The van der Waals surface area contributed by atoms with Gasteiger partial charge in [0, 0.05) is 31.2 Å². The van der Waals surface area contributed by atoms with Crippen LogP contribution in [0.15, 0.2) is 12.3 Å². The Balaban J connectivity index is 1.75. The molecule has 0 aliphatic heterocycles. The standard InChI is InChI=1S/C15H19N5/c1-10-13-6-11(9-18-15(13)20(2)19-10)8-17-14-5-3-4-12(14)7-16/h6,9,12,14,17H,3-5,8H2,1-2H3. The highest BCUT2D eigenvalue weighted by molar-refractivity contribution is 5.78. The summed E-state index contributed by atoms with van der Waals surface area (Å²) in [6.45, 7) is 2.77. The molecule has 104 valence electrons. The van der Waals surface area contributed by atoms with Crippen molar-refractivity contribution in [3.8, 4) is 6.07 Å². The molecule has 2 heterocycles. The van der Waals surface area contributed by atoms with E-state index < -0.39 is 0 Å². The van der Waals surface area contributed by atoms with Gasteiger partial charge in [-0.3, -0.25) is 4.68 Å². The molecule has 2 atom stereocenters. The lowest BCUT2D eigenvalue weighted by Gasteiger charge is -2.15. The summed E-state index contributed by atoms with van der Waals surface area (Å²) >= 11 is 0. The second kappa shape index (κ2) is 5.22. The SMILES string of the molecule is Cc1nn(C)c2ncc(CNC3CCCC3C#N)cc12. The van der Waals surface area contributed by atoms with E-state index in [4.69, 9.17) is 5.26 Å². The van der Waals surface area contributed by atoms with E-state index in [0.717, 1.165) is 48.1 Å². The van der Waals surface area contributed by atoms with Crippen molar-refractivity contribution in [3.63, 3.8) is 0 Å². The van der Waals surface area contributed by atoms with E-state index in [1.165, 1.54) is 0 Å². The van der Waals surface area contributed by atoms with Crippen molar-refractivity contribution < 1.29 is 0 Å². The van der Waals surface area contributed by atoms with Crippen molar-refractivity contribution in [2.45, 2.75) is 38.8 Å². The molecule has 1 fully saturated rings. The van der Waals surface area contributed by atoms with Gasteiger partial charge in [-0.15, -0.1) is 0 Å². The monoisotopic (exact) mass is 269 g/mol. The Morgan fingerprint density at radius 2 is 2.35 bits per heavy atom. The fourth-order valence-corrected chi connectivity index (χ4v) is 3.06. The number of pyridine rings is 1. The minimum atomic E-state index is 0.159. The zero-order valence-corrected chi connectivity index (χ0v) is 11.9. The molecule has 1 N–H and O–H groups in total. The Hall–Kier alpha value is -1.93. The highest BCUT2D eigenvalue weighted by Gasteiger charge is 2.26. The third-order valence-corrected chi connectivity index (χ3v) is 4.17. The minimum Gasteiger partial charge on any atom is -0.309 e. The van der Waals surface area contributed by atoms with E-state index in [-0.39, 0.29) is 5.92 Å². The highest BCUT2D eigenvalue weighted by atomic mass is 15.3. The van der Waals surface area contributed by atoms with Gasteiger partial charge in [-0.2, -0.15) is 10.4 Å². The van der Waals surface area contributed by atoms with Gasteiger partial charge in [-0.05, 0) is 31.4 Å². The van der Waals surface area contributed by atoms with E-state index in [1.807, 2.05) is 24.9 Å². The summed E-state index contributed by atoms with van der Waals surface area (Å²) in [6.07, 6.45) is 5.16. The Morgan fingerprint density at radius 3 is 3.15 bits per heavy atom. The second-order valence-electron chi connectivity index (χ2n) is 5.58. The zero-order chi connectivity index (χ0) is 14.1. The number of hydrogen-bond acceptors (Lipinski definition) is 4. The van der Waals surface area contributed by atoms with E-state index in [9.17, 15) is 0 Å². The number of aromatic nitrogens is 3. The van der Waals surface area contributed by atoms with Crippen LogP contribution >= 0.6 is 0 Å². The van der Waals surface area contributed by atoms with Crippen LogP contribution in [-0.4, -0.2) is 20.8 Å². The van der Waals surface area contributed by atoms with Crippen LogP contribution < -0.4 is 5.32 Å². The van der Waals surface area contributed by atoms with Gasteiger partial charge in [-0.1, -0.05) is 6.42 Å². The van der Waals surface area contributed by atoms with Gasteiger partial charge in [0.15, 0.2) is 5.65 Å². The van der Waals surface area contributed by atoms with Gasteiger partial charge < -0.3 is 5.32 Å². The number of rotatable bonds is 3. The Labute approximate surface area is 118 Å². The lowest BCUT2D eigenvalue weighted by Crippen LogP contribution is -2.31. The average Bonchev–Trinajstić information content (AvgIpc) is 3.02. The molecule has 0 radical (unpaired) electrons. The van der Waals surface area contributed by atoms with Gasteiger partial charge in [-0.25, -0.2) is 4.98 Å². The third-order valence-electron chi connectivity index (χ3n) is 4.17. The molecule has 2 unspecified atom stereocenters. The lowest BCUT2D eigenvalue weighted by molar-refractivity contribution is 0.464. The molecule has 3 rings (SSSR count). The smallest absolute Gasteiger partial charge is 0.157 e. The predicted octanol–water partition coefficient (Wildman–Crippen LogP) is 2.06. The van der Waals surface area contributed by atoms with Gasteiger partial charge in [0.25, 0.3) is 0 Å². The van der Waals surface area contributed by atoms with Gasteiger partial charge in [0.2, 0.25) is 0 Å². The maximum absolute atomic E-state index is 9.10. The van der Waals surface area contributed by atoms with Crippen molar-refractivity contribution in [1.82, 2.24) is 20.1 Å². The number of fused-ring (bicyclic) bond motifs is 1. The number of nitrogens with zero attached hydrogens (tertiary/aromatic N) is 4. The zero-order valence-electron chi connectivity index (χ0n) is 11.9. The van der Waals surface area contributed by atoms with E-state index in [2.05, 4.69) is 27.5 Å². The molecule has 0 aromatic carbocycles. The van der Waals surface area contributed by atoms with Crippen molar-refractivity contribution in [2.24, 2.45) is 13.0 Å². The van der Waals surface area contributed by atoms with E-state index in [0.29, 0.717) is 6.04 Å². The van der Waals surface area contributed by atoms with Gasteiger partial charge in [0.1, 0.15) is 0 Å². The average molecular weight is 269 g/mol. The van der Waals surface area contributed by atoms with E-state index >= 15 is 0 Å².